The minimum atomic E-state index is -2.35. The van der Waals surface area contributed by atoms with Gasteiger partial charge in [0.2, 0.25) is 5.82 Å². The second-order valence-corrected chi connectivity index (χ2v) is 3.44. The molecule has 0 spiro atoms. The molecule has 1 aromatic carbocycles. The molecule has 0 saturated heterocycles. The van der Waals surface area contributed by atoms with Gasteiger partial charge in [-0.15, -0.1) is 0 Å². The first kappa shape index (κ1) is 15.1. The number of Topliss-reactive ketones (excluding diaryl/α,β-unsaturated/α-hetero) is 1. The molecule has 0 bridgehead atoms. The van der Waals surface area contributed by atoms with Crippen LogP contribution in [0.3, 0.4) is 0 Å². The average molecular weight is 282 g/mol. The number of hydrogen-bond acceptors (Lipinski definition) is 3. The van der Waals surface area contributed by atoms with E-state index < -0.39 is 59.2 Å². The van der Waals surface area contributed by atoms with E-state index in [9.17, 15) is 31.5 Å². The Bertz CT molecular complexity index is 513. The first-order chi connectivity index (χ1) is 8.81. The number of halogens is 5. The number of benzene rings is 1. The lowest BCUT2D eigenvalue weighted by Crippen LogP contribution is -2.14. The van der Waals surface area contributed by atoms with E-state index in [4.69, 9.17) is 0 Å². The third-order valence-electron chi connectivity index (χ3n) is 2.27. The maximum absolute atomic E-state index is 13.2. The first-order valence-corrected chi connectivity index (χ1v) is 4.92. The summed E-state index contributed by atoms with van der Waals surface area (Å²) >= 11 is 0. The maximum atomic E-state index is 13.2. The third kappa shape index (κ3) is 2.88. The van der Waals surface area contributed by atoms with Gasteiger partial charge in [0.25, 0.3) is 0 Å². The van der Waals surface area contributed by atoms with Crippen molar-refractivity contribution < 1.29 is 36.3 Å². The summed E-state index contributed by atoms with van der Waals surface area (Å²) in [6.07, 6.45) is -1.26. The van der Waals surface area contributed by atoms with Crippen LogP contribution in [0.1, 0.15) is 23.2 Å². The Balaban J connectivity index is 3.14. The van der Waals surface area contributed by atoms with Crippen molar-refractivity contribution in [1.29, 1.82) is 0 Å². The van der Waals surface area contributed by atoms with Crippen LogP contribution in [0.4, 0.5) is 22.0 Å². The van der Waals surface area contributed by atoms with Crippen molar-refractivity contribution >= 4 is 11.8 Å². The molecular weight excluding hydrogens is 275 g/mol. The quantitative estimate of drug-likeness (QED) is 0.280. The molecule has 1 rings (SSSR count). The lowest BCUT2D eigenvalue weighted by Gasteiger charge is -2.06. The van der Waals surface area contributed by atoms with Gasteiger partial charge >= 0.3 is 5.97 Å². The van der Waals surface area contributed by atoms with E-state index in [-0.39, 0.29) is 0 Å². The molecule has 104 valence electrons. The summed E-state index contributed by atoms with van der Waals surface area (Å²) in [5.74, 6) is -13.4. The van der Waals surface area contributed by atoms with Crippen LogP contribution in [0.15, 0.2) is 0 Å². The second-order valence-electron chi connectivity index (χ2n) is 3.44. The molecule has 3 nitrogen and oxygen atoms in total. The molecule has 19 heavy (non-hydrogen) atoms. The Morgan fingerprint density at radius 1 is 0.842 bits per heavy atom. The maximum Gasteiger partial charge on any atom is 0.305 e. The van der Waals surface area contributed by atoms with Crippen molar-refractivity contribution in [1.82, 2.24) is 0 Å². The average Bonchev–Trinajstić information content (AvgIpc) is 2.40. The van der Waals surface area contributed by atoms with E-state index in [2.05, 4.69) is 4.74 Å². The highest BCUT2D eigenvalue weighted by Gasteiger charge is 2.29. The summed E-state index contributed by atoms with van der Waals surface area (Å²) in [6, 6.07) is 0. The smallest absolute Gasteiger partial charge is 0.305 e. The van der Waals surface area contributed by atoms with Crippen LogP contribution in [0.2, 0.25) is 0 Å². The van der Waals surface area contributed by atoms with Gasteiger partial charge in [-0.2, -0.15) is 0 Å². The highest BCUT2D eigenvalue weighted by atomic mass is 19.2. The van der Waals surface area contributed by atoms with Gasteiger partial charge in [-0.1, -0.05) is 0 Å². The van der Waals surface area contributed by atoms with Crippen LogP contribution in [-0.4, -0.2) is 18.9 Å². The van der Waals surface area contributed by atoms with Crippen LogP contribution >= 0.6 is 0 Å². The van der Waals surface area contributed by atoms with Crippen molar-refractivity contribution in [2.75, 3.05) is 7.11 Å². The molecule has 0 amide bonds. The Morgan fingerprint density at radius 3 is 1.68 bits per heavy atom. The molecule has 0 aliphatic carbocycles. The topological polar surface area (TPSA) is 43.4 Å². The normalized spacial score (nSPS) is 10.4. The van der Waals surface area contributed by atoms with Gasteiger partial charge in [-0.3, -0.25) is 9.59 Å². The van der Waals surface area contributed by atoms with E-state index in [0.717, 1.165) is 7.11 Å². The molecule has 0 heterocycles. The van der Waals surface area contributed by atoms with E-state index in [1.165, 1.54) is 0 Å². The van der Waals surface area contributed by atoms with Crippen LogP contribution in [-0.2, 0) is 9.53 Å². The fraction of sp³-hybridized carbons (Fsp3) is 0.273. The Kier molecular flexibility index (Phi) is 4.57. The molecular formula is C11H7F5O3. The summed E-state index contributed by atoms with van der Waals surface area (Å²) in [7, 11) is 1.02. The number of ketones is 1. The summed E-state index contributed by atoms with van der Waals surface area (Å²) in [5, 5.41) is 0. The molecule has 0 N–H and O–H groups in total. The first-order valence-electron chi connectivity index (χ1n) is 4.92. The molecule has 8 heteroatoms. The number of ether oxygens (including phenoxy) is 1. The fourth-order valence-corrected chi connectivity index (χ4v) is 1.29. The van der Waals surface area contributed by atoms with Crippen molar-refractivity contribution in [3.63, 3.8) is 0 Å². The van der Waals surface area contributed by atoms with Gasteiger partial charge in [-0.25, -0.2) is 22.0 Å². The lowest BCUT2D eigenvalue weighted by molar-refractivity contribution is -0.140. The van der Waals surface area contributed by atoms with Gasteiger partial charge in [0, 0.05) is 6.42 Å². The zero-order valence-electron chi connectivity index (χ0n) is 9.53. The molecule has 0 aliphatic heterocycles. The Hall–Kier alpha value is -1.99. The Labute approximate surface area is 104 Å². The fourth-order valence-electron chi connectivity index (χ4n) is 1.29. The van der Waals surface area contributed by atoms with E-state index in [0.29, 0.717) is 0 Å². The van der Waals surface area contributed by atoms with Crippen LogP contribution < -0.4 is 0 Å². The zero-order chi connectivity index (χ0) is 14.7. The monoisotopic (exact) mass is 282 g/mol. The molecule has 0 aliphatic rings. The minimum Gasteiger partial charge on any atom is -0.469 e. The Morgan fingerprint density at radius 2 is 1.26 bits per heavy atom. The van der Waals surface area contributed by atoms with E-state index in [1.54, 1.807) is 0 Å². The molecule has 0 radical (unpaired) electrons. The van der Waals surface area contributed by atoms with Gasteiger partial charge in [-0.05, 0) is 0 Å². The predicted molar refractivity (Wildman–Crippen MR) is 51.8 cm³/mol. The molecule has 0 atom stereocenters. The molecule has 1 aromatic rings. The van der Waals surface area contributed by atoms with Gasteiger partial charge in [0.15, 0.2) is 29.1 Å². The van der Waals surface area contributed by atoms with Crippen molar-refractivity contribution in [2.24, 2.45) is 0 Å². The third-order valence-corrected chi connectivity index (χ3v) is 2.27. The van der Waals surface area contributed by atoms with Crippen LogP contribution in [0, 0.1) is 29.1 Å². The highest BCUT2D eigenvalue weighted by molar-refractivity contribution is 5.98. The lowest BCUT2D eigenvalue weighted by atomic mass is 10.0. The van der Waals surface area contributed by atoms with Gasteiger partial charge < -0.3 is 4.74 Å². The van der Waals surface area contributed by atoms with E-state index in [1.807, 2.05) is 0 Å². The van der Waals surface area contributed by atoms with Crippen LogP contribution in [0.25, 0.3) is 0 Å². The molecule has 0 aromatic heterocycles. The summed E-state index contributed by atoms with van der Waals surface area (Å²) in [6.45, 7) is 0. The van der Waals surface area contributed by atoms with Gasteiger partial charge in [0.05, 0.1) is 19.1 Å². The number of carbonyl (C=O) groups is 2. The highest BCUT2D eigenvalue weighted by Crippen LogP contribution is 2.24. The largest absolute Gasteiger partial charge is 0.469 e. The van der Waals surface area contributed by atoms with Crippen LogP contribution in [0.5, 0.6) is 0 Å². The van der Waals surface area contributed by atoms with Gasteiger partial charge in [0.1, 0.15) is 0 Å². The van der Waals surface area contributed by atoms with E-state index >= 15 is 0 Å². The second kappa shape index (κ2) is 5.77. The summed E-state index contributed by atoms with van der Waals surface area (Å²) in [5.41, 5.74) is -1.56. The summed E-state index contributed by atoms with van der Waals surface area (Å²) in [4.78, 5) is 22.1. The number of esters is 1. The minimum absolute atomic E-state index is 0.533. The standard InChI is InChI=1S/C11H7F5O3/c1-19-5(18)3-2-4(17)6-7(12)9(14)11(16)10(15)8(6)13/h2-3H2,1H3. The number of hydrogen-bond donors (Lipinski definition) is 0. The number of rotatable bonds is 4. The summed E-state index contributed by atoms with van der Waals surface area (Å²) < 4.78 is 68.9. The van der Waals surface area contributed by atoms with Crippen molar-refractivity contribution in [3.8, 4) is 0 Å². The number of carbonyl (C=O) groups excluding carboxylic acids is 2. The zero-order valence-corrected chi connectivity index (χ0v) is 9.53. The molecule has 0 fully saturated rings. The molecule has 0 unspecified atom stereocenters. The predicted octanol–water partition coefficient (Wildman–Crippen LogP) is 2.52. The molecule has 0 saturated carbocycles. The van der Waals surface area contributed by atoms with Crippen molar-refractivity contribution in [2.45, 2.75) is 12.8 Å². The SMILES string of the molecule is COC(=O)CCC(=O)c1c(F)c(F)c(F)c(F)c1F. The number of methoxy groups -OCH3 is 1. The van der Waals surface area contributed by atoms with Crippen molar-refractivity contribution in [3.05, 3.63) is 34.6 Å².